The number of anilines is 1. The van der Waals surface area contributed by atoms with Gasteiger partial charge in [0, 0.05) is 17.8 Å². The Morgan fingerprint density at radius 2 is 1.61 bits per heavy atom. The number of ether oxygens (including phenoxy) is 1. The molecule has 2 aromatic carbocycles. The maximum absolute atomic E-state index is 12.5. The van der Waals surface area contributed by atoms with Gasteiger partial charge in [0.1, 0.15) is 0 Å². The molecule has 31 heavy (non-hydrogen) atoms. The summed E-state index contributed by atoms with van der Waals surface area (Å²) in [6.45, 7) is -0.0512. The Bertz CT molecular complexity index is 995. The Morgan fingerprint density at radius 3 is 2.23 bits per heavy atom. The Morgan fingerprint density at radius 1 is 0.968 bits per heavy atom. The second kappa shape index (κ2) is 10.5. The number of amides is 1. The van der Waals surface area contributed by atoms with Crippen molar-refractivity contribution in [2.24, 2.45) is 0 Å². The number of carbonyl (C=O) groups excluding carboxylic acids is 2. The van der Waals surface area contributed by atoms with Crippen molar-refractivity contribution in [2.75, 3.05) is 19.0 Å². The second-order valence-corrected chi connectivity index (χ2v) is 9.43. The molecule has 1 amide bonds. The van der Waals surface area contributed by atoms with Crippen LogP contribution in [0.25, 0.3) is 0 Å². The number of nitrogens with one attached hydrogen (secondary N) is 2. The lowest BCUT2D eigenvalue weighted by Gasteiger charge is -2.22. The molecule has 3 rings (SSSR count). The van der Waals surface area contributed by atoms with E-state index < -0.39 is 16.0 Å². The molecule has 0 atom stereocenters. The minimum atomic E-state index is -3.75. The summed E-state index contributed by atoms with van der Waals surface area (Å²) in [4.78, 5) is 23.7. The average Bonchev–Trinajstić information content (AvgIpc) is 2.80. The third-order valence-electron chi connectivity index (χ3n) is 5.52. The van der Waals surface area contributed by atoms with E-state index in [1.807, 2.05) is 24.3 Å². The van der Waals surface area contributed by atoms with Gasteiger partial charge in [-0.25, -0.2) is 13.1 Å². The molecule has 2 aromatic rings. The molecule has 1 saturated carbocycles. The summed E-state index contributed by atoms with van der Waals surface area (Å²) in [6, 6.07) is 13.6. The zero-order valence-electron chi connectivity index (χ0n) is 17.6. The molecular weight excluding hydrogens is 416 g/mol. The number of rotatable bonds is 8. The van der Waals surface area contributed by atoms with Gasteiger partial charge in [0.05, 0.1) is 18.4 Å². The van der Waals surface area contributed by atoms with Crippen LogP contribution in [0.5, 0.6) is 0 Å². The van der Waals surface area contributed by atoms with Gasteiger partial charge in [0.25, 0.3) is 5.91 Å². The van der Waals surface area contributed by atoms with Crippen molar-refractivity contribution in [2.45, 2.75) is 49.3 Å². The van der Waals surface area contributed by atoms with Crippen LogP contribution in [0.1, 0.15) is 60.4 Å². The molecule has 0 saturated heterocycles. The fourth-order valence-corrected chi connectivity index (χ4v) is 4.77. The quantitative estimate of drug-likeness (QED) is 0.603. The fraction of sp³-hybridized carbons (Fsp3) is 0.391. The number of benzene rings is 2. The molecule has 0 spiro atoms. The Hall–Kier alpha value is -2.71. The van der Waals surface area contributed by atoms with E-state index in [1.54, 1.807) is 0 Å². The fourth-order valence-electron chi connectivity index (χ4n) is 3.74. The Kier molecular flexibility index (Phi) is 7.81. The van der Waals surface area contributed by atoms with E-state index in [4.69, 9.17) is 0 Å². The van der Waals surface area contributed by atoms with E-state index in [0.717, 1.165) is 0 Å². The smallest absolute Gasteiger partial charge is 0.306 e. The molecule has 0 unspecified atom stereocenters. The van der Waals surface area contributed by atoms with Gasteiger partial charge < -0.3 is 10.1 Å². The van der Waals surface area contributed by atoms with Crippen molar-refractivity contribution in [1.29, 1.82) is 0 Å². The first-order chi connectivity index (χ1) is 14.9. The third kappa shape index (κ3) is 6.38. The molecule has 2 N–H and O–H groups in total. The lowest BCUT2D eigenvalue weighted by atomic mass is 9.84. The zero-order valence-corrected chi connectivity index (χ0v) is 18.4. The van der Waals surface area contributed by atoms with E-state index in [2.05, 4.69) is 14.8 Å². The summed E-state index contributed by atoms with van der Waals surface area (Å²) in [7, 11) is -2.50. The van der Waals surface area contributed by atoms with Gasteiger partial charge in [-0.15, -0.1) is 0 Å². The molecule has 0 heterocycles. The number of hydrogen-bond acceptors (Lipinski definition) is 5. The number of hydrogen-bond donors (Lipinski definition) is 2. The van der Waals surface area contributed by atoms with Gasteiger partial charge in [0.2, 0.25) is 10.0 Å². The summed E-state index contributed by atoms with van der Waals surface area (Å²) in [6.07, 6.45) is 6.19. The molecule has 1 aliphatic rings. The van der Waals surface area contributed by atoms with E-state index in [9.17, 15) is 18.0 Å². The van der Waals surface area contributed by atoms with Gasteiger partial charge >= 0.3 is 5.97 Å². The number of methoxy groups -OCH3 is 1. The van der Waals surface area contributed by atoms with Gasteiger partial charge in [-0.2, -0.15) is 0 Å². The molecule has 0 bridgehead atoms. The van der Waals surface area contributed by atoms with E-state index in [0.29, 0.717) is 17.2 Å². The topological polar surface area (TPSA) is 102 Å². The van der Waals surface area contributed by atoms with Crippen LogP contribution in [-0.2, 0) is 19.6 Å². The lowest BCUT2D eigenvalue weighted by molar-refractivity contribution is -0.140. The van der Waals surface area contributed by atoms with E-state index in [-0.39, 0.29) is 23.8 Å². The van der Waals surface area contributed by atoms with E-state index in [1.165, 1.54) is 69.0 Å². The van der Waals surface area contributed by atoms with Crippen molar-refractivity contribution < 1.29 is 22.7 Å². The molecule has 1 aliphatic carbocycles. The van der Waals surface area contributed by atoms with Crippen LogP contribution in [0, 0.1) is 0 Å². The van der Waals surface area contributed by atoms with Crippen LogP contribution in [0.3, 0.4) is 0 Å². The van der Waals surface area contributed by atoms with Crippen molar-refractivity contribution in [3.05, 3.63) is 59.7 Å². The van der Waals surface area contributed by atoms with Gasteiger partial charge in [-0.1, -0.05) is 31.4 Å². The van der Waals surface area contributed by atoms with Crippen LogP contribution in [0.15, 0.2) is 53.4 Å². The predicted molar refractivity (Wildman–Crippen MR) is 118 cm³/mol. The summed E-state index contributed by atoms with van der Waals surface area (Å²) >= 11 is 0. The normalized spacial score (nSPS) is 14.7. The van der Waals surface area contributed by atoms with Crippen LogP contribution in [-0.4, -0.2) is 33.9 Å². The maximum atomic E-state index is 12.5. The molecule has 1 fully saturated rings. The van der Waals surface area contributed by atoms with Crippen molar-refractivity contribution >= 4 is 27.6 Å². The highest BCUT2D eigenvalue weighted by Crippen LogP contribution is 2.32. The largest absolute Gasteiger partial charge is 0.469 e. The summed E-state index contributed by atoms with van der Waals surface area (Å²) in [5.74, 6) is -0.156. The number of esters is 1. The average molecular weight is 445 g/mol. The van der Waals surface area contributed by atoms with Gasteiger partial charge in [0.15, 0.2) is 0 Å². The lowest BCUT2D eigenvalue weighted by Crippen LogP contribution is -2.26. The van der Waals surface area contributed by atoms with Crippen molar-refractivity contribution in [3.8, 4) is 0 Å². The highest BCUT2D eigenvalue weighted by atomic mass is 32.2. The number of carbonyl (C=O) groups is 2. The molecule has 7 nitrogen and oxygen atoms in total. The number of sulfonamides is 1. The van der Waals surface area contributed by atoms with Crippen molar-refractivity contribution in [3.63, 3.8) is 0 Å². The van der Waals surface area contributed by atoms with Gasteiger partial charge in [-0.3, -0.25) is 9.59 Å². The SMILES string of the molecule is COC(=O)CCNS(=O)(=O)c1ccc(NC(=O)c2ccc(C3CCCCC3)cc2)cc1. The van der Waals surface area contributed by atoms with Crippen LogP contribution < -0.4 is 10.0 Å². The van der Waals surface area contributed by atoms with Crippen molar-refractivity contribution in [1.82, 2.24) is 4.72 Å². The second-order valence-electron chi connectivity index (χ2n) is 7.66. The van der Waals surface area contributed by atoms with Gasteiger partial charge in [-0.05, 0) is 60.7 Å². The van der Waals surface area contributed by atoms with Crippen LogP contribution >= 0.6 is 0 Å². The summed E-state index contributed by atoms with van der Waals surface area (Å²) in [5.41, 5.74) is 2.33. The summed E-state index contributed by atoms with van der Waals surface area (Å²) < 4.78 is 31.4. The molecule has 0 radical (unpaired) electrons. The maximum Gasteiger partial charge on any atom is 0.306 e. The monoisotopic (exact) mass is 444 g/mol. The standard InChI is InChI=1S/C23H28N2O5S/c1-30-22(26)15-16-24-31(28,29)21-13-11-20(12-14-21)25-23(27)19-9-7-18(8-10-19)17-5-3-2-4-6-17/h7-14,17,24H,2-6,15-16H2,1H3,(H,25,27). The zero-order chi connectivity index (χ0) is 22.3. The van der Waals surface area contributed by atoms with E-state index >= 15 is 0 Å². The first kappa shape index (κ1) is 23.0. The molecule has 0 aromatic heterocycles. The molecular formula is C23H28N2O5S. The van der Waals surface area contributed by atoms with Crippen LogP contribution in [0.4, 0.5) is 5.69 Å². The third-order valence-corrected chi connectivity index (χ3v) is 7.00. The first-order valence-electron chi connectivity index (χ1n) is 10.5. The van der Waals surface area contributed by atoms with Crippen LogP contribution in [0.2, 0.25) is 0 Å². The Balaban J connectivity index is 1.57. The molecule has 166 valence electrons. The first-order valence-corrected chi connectivity index (χ1v) is 12.0. The minimum absolute atomic E-state index is 0.0483. The molecule has 0 aliphatic heterocycles. The molecule has 8 heteroatoms. The predicted octanol–water partition coefficient (Wildman–Crippen LogP) is 3.83. The highest BCUT2D eigenvalue weighted by molar-refractivity contribution is 7.89. The minimum Gasteiger partial charge on any atom is -0.469 e. The summed E-state index contributed by atoms with van der Waals surface area (Å²) in [5, 5.41) is 2.79. The highest BCUT2D eigenvalue weighted by Gasteiger charge is 2.17. The Labute approximate surface area is 183 Å².